The van der Waals surface area contributed by atoms with Crippen molar-refractivity contribution in [2.75, 3.05) is 32.8 Å². The molecule has 0 spiro atoms. The number of carbonyl (C=O) groups is 2. The van der Waals surface area contributed by atoms with Gasteiger partial charge in [0.25, 0.3) is 5.91 Å². The monoisotopic (exact) mass is 408 g/mol. The molecule has 2 saturated heterocycles. The minimum absolute atomic E-state index is 0.152. The van der Waals surface area contributed by atoms with Gasteiger partial charge in [0.1, 0.15) is 0 Å². The van der Waals surface area contributed by atoms with Crippen molar-refractivity contribution in [3.8, 4) is 0 Å². The Morgan fingerprint density at radius 3 is 2.57 bits per heavy atom. The fraction of sp³-hybridized carbons (Fsp3) is 0.600. The molecule has 0 radical (unpaired) electrons. The van der Waals surface area contributed by atoms with E-state index >= 15 is 0 Å². The van der Waals surface area contributed by atoms with E-state index in [1.807, 2.05) is 0 Å². The van der Waals surface area contributed by atoms with E-state index in [9.17, 15) is 18.0 Å². The summed E-state index contributed by atoms with van der Waals surface area (Å²) in [6, 6.07) is 6.24. The lowest BCUT2D eigenvalue weighted by atomic mass is 9.97. The first kappa shape index (κ1) is 20.8. The van der Waals surface area contributed by atoms with E-state index in [-0.39, 0.29) is 22.7 Å². The molecule has 0 unspecified atom stereocenters. The highest BCUT2D eigenvalue weighted by atomic mass is 32.2. The molecule has 0 aliphatic carbocycles. The minimum Gasteiger partial charge on any atom is -0.466 e. The number of hydrogen-bond acceptors (Lipinski definition) is 5. The van der Waals surface area contributed by atoms with Gasteiger partial charge in [-0.15, -0.1) is 0 Å². The van der Waals surface area contributed by atoms with E-state index in [2.05, 4.69) is 0 Å². The van der Waals surface area contributed by atoms with Crippen LogP contribution >= 0.6 is 0 Å². The van der Waals surface area contributed by atoms with Crippen molar-refractivity contribution in [1.29, 1.82) is 0 Å². The van der Waals surface area contributed by atoms with Gasteiger partial charge in [-0.2, -0.15) is 4.31 Å². The number of piperidine rings is 2. The van der Waals surface area contributed by atoms with Gasteiger partial charge in [-0.1, -0.05) is 12.5 Å². The molecular weight excluding hydrogens is 380 g/mol. The zero-order chi connectivity index (χ0) is 20.1. The van der Waals surface area contributed by atoms with Crippen LogP contribution in [-0.4, -0.2) is 62.3 Å². The first-order valence-corrected chi connectivity index (χ1v) is 11.4. The third-order valence-corrected chi connectivity index (χ3v) is 7.26. The van der Waals surface area contributed by atoms with Gasteiger partial charge < -0.3 is 9.64 Å². The minimum atomic E-state index is -3.59. The van der Waals surface area contributed by atoms with E-state index in [0.717, 1.165) is 25.7 Å². The second-order valence-corrected chi connectivity index (χ2v) is 9.27. The molecule has 8 heteroatoms. The highest BCUT2D eigenvalue weighted by molar-refractivity contribution is 7.89. The fourth-order valence-corrected chi connectivity index (χ4v) is 5.40. The number of benzene rings is 1. The smallest absolute Gasteiger partial charge is 0.310 e. The van der Waals surface area contributed by atoms with Gasteiger partial charge in [0.05, 0.1) is 17.4 Å². The van der Waals surface area contributed by atoms with E-state index < -0.39 is 10.0 Å². The molecule has 0 saturated carbocycles. The Hall–Kier alpha value is -1.93. The lowest BCUT2D eigenvalue weighted by Gasteiger charge is -2.31. The predicted molar refractivity (Wildman–Crippen MR) is 104 cm³/mol. The van der Waals surface area contributed by atoms with Gasteiger partial charge in [-0.25, -0.2) is 8.42 Å². The van der Waals surface area contributed by atoms with E-state index in [1.54, 1.807) is 30.0 Å². The molecule has 1 amide bonds. The molecule has 2 heterocycles. The number of esters is 1. The maximum absolute atomic E-state index is 12.9. The van der Waals surface area contributed by atoms with Crippen molar-refractivity contribution in [2.45, 2.75) is 43.9 Å². The van der Waals surface area contributed by atoms with Crippen molar-refractivity contribution in [1.82, 2.24) is 9.21 Å². The van der Waals surface area contributed by atoms with Crippen molar-refractivity contribution in [3.63, 3.8) is 0 Å². The molecule has 0 N–H and O–H groups in total. The Kier molecular flexibility index (Phi) is 6.72. The zero-order valence-corrected chi connectivity index (χ0v) is 17.1. The lowest BCUT2D eigenvalue weighted by Crippen LogP contribution is -2.43. The average molecular weight is 409 g/mol. The van der Waals surface area contributed by atoms with Crippen LogP contribution in [0, 0.1) is 5.92 Å². The van der Waals surface area contributed by atoms with Crippen LogP contribution < -0.4 is 0 Å². The van der Waals surface area contributed by atoms with Crippen molar-refractivity contribution < 1.29 is 22.7 Å². The van der Waals surface area contributed by atoms with Crippen LogP contribution in [0.5, 0.6) is 0 Å². The standard InChI is InChI=1S/C20H28N2O5S/c1-2-27-20(24)17-9-7-11-21(15-17)19(23)16-8-6-10-18(14-16)28(25,26)22-12-4-3-5-13-22/h6,8,10,14,17H,2-5,7,9,11-13,15H2,1H3/t17-/m1/s1. The predicted octanol–water partition coefficient (Wildman–Crippen LogP) is 2.28. The largest absolute Gasteiger partial charge is 0.466 e. The normalized spacial score (nSPS) is 21.3. The summed E-state index contributed by atoms with van der Waals surface area (Å²) in [6.07, 6.45) is 4.19. The van der Waals surface area contributed by atoms with Crippen LogP contribution in [0.3, 0.4) is 0 Å². The van der Waals surface area contributed by atoms with Crippen LogP contribution in [0.4, 0.5) is 0 Å². The molecule has 3 rings (SSSR count). The van der Waals surface area contributed by atoms with Crippen LogP contribution in [0.15, 0.2) is 29.2 Å². The van der Waals surface area contributed by atoms with Gasteiger partial charge in [0, 0.05) is 31.7 Å². The summed E-state index contributed by atoms with van der Waals surface area (Å²) in [4.78, 5) is 26.7. The number of nitrogens with zero attached hydrogens (tertiary/aromatic N) is 2. The zero-order valence-electron chi connectivity index (χ0n) is 16.3. The second-order valence-electron chi connectivity index (χ2n) is 7.33. The molecule has 1 aromatic rings. The summed E-state index contributed by atoms with van der Waals surface area (Å²) in [5.41, 5.74) is 0.336. The number of ether oxygens (including phenoxy) is 1. The Bertz CT molecular complexity index is 818. The number of sulfonamides is 1. The third kappa shape index (κ3) is 4.55. The summed E-state index contributed by atoms with van der Waals surface area (Å²) >= 11 is 0. The lowest BCUT2D eigenvalue weighted by molar-refractivity contribution is -0.149. The Morgan fingerprint density at radius 1 is 1.11 bits per heavy atom. The van der Waals surface area contributed by atoms with Crippen LogP contribution in [0.1, 0.15) is 49.4 Å². The summed E-state index contributed by atoms with van der Waals surface area (Å²) in [7, 11) is -3.59. The SMILES string of the molecule is CCOC(=O)[C@@H]1CCCN(C(=O)c2cccc(S(=O)(=O)N3CCCCC3)c2)C1. The quantitative estimate of drug-likeness (QED) is 0.698. The van der Waals surface area contributed by atoms with E-state index in [0.29, 0.717) is 44.8 Å². The molecule has 0 aromatic heterocycles. The molecule has 154 valence electrons. The first-order chi connectivity index (χ1) is 13.4. The topological polar surface area (TPSA) is 84.0 Å². The number of carbonyl (C=O) groups excluding carboxylic acids is 2. The summed E-state index contributed by atoms with van der Waals surface area (Å²) in [5.74, 6) is -0.843. The van der Waals surface area contributed by atoms with Crippen molar-refractivity contribution >= 4 is 21.9 Å². The van der Waals surface area contributed by atoms with Crippen LogP contribution in [-0.2, 0) is 19.6 Å². The molecule has 2 aliphatic heterocycles. The number of likely N-dealkylation sites (tertiary alicyclic amines) is 1. The third-order valence-electron chi connectivity index (χ3n) is 5.36. The van der Waals surface area contributed by atoms with Crippen molar-refractivity contribution in [3.05, 3.63) is 29.8 Å². The van der Waals surface area contributed by atoms with Gasteiger partial charge >= 0.3 is 5.97 Å². The second kappa shape index (κ2) is 9.05. The maximum Gasteiger partial charge on any atom is 0.310 e. The Labute approximate surface area is 166 Å². The molecule has 28 heavy (non-hydrogen) atoms. The van der Waals surface area contributed by atoms with Gasteiger partial charge in [0.15, 0.2) is 0 Å². The average Bonchev–Trinajstić information content (AvgIpc) is 2.74. The van der Waals surface area contributed by atoms with Crippen molar-refractivity contribution in [2.24, 2.45) is 5.92 Å². The first-order valence-electron chi connectivity index (χ1n) is 9.99. The van der Waals surface area contributed by atoms with E-state index in [1.165, 1.54) is 10.4 Å². The summed E-state index contributed by atoms with van der Waals surface area (Å²) in [5, 5.41) is 0. The van der Waals surface area contributed by atoms with E-state index in [4.69, 9.17) is 4.74 Å². The highest BCUT2D eigenvalue weighted by Gasteiger charge is 2.31. The number of rotatable bonds is 5. The molecule has 2 fully saturated rings. The maximum atomic E-state index is 12.9. The molecule has 2 aliphatic rings. The molecule has 1 atom stereocenters. The molecule has 0 bridgehead atoms. The summed E-state index contributed by atoms with van der Waals surface area (Å²) < 4.78 is 32.4. The van der Waals surface area contributed by atoms with Crippen LogP contribution in [0.2, 0.25) is 0 Å². The Morgan fingerprint density at radius 2 is 1.86 bits per heavy atom. The van der Waals surface area contributed by atoms with Crippen LogP contribution in [0.25, 0.3) is 0 Å². The number of amides is 1. The number of hydrogen-bond donors (Lipinski definition) is 0. The molecule has 1 aromatic carbocycles. The molecule has 7 nitrogen and oxygen atoms in total. The fourth-order valence-electron chi connectivity index (χ4n) is 3.84. The Balaban J connectivity index is 1.76. The van der Waals surface area contributed by atoms with Gasteiger partial charge in [-0.05, 0) is 50.8 Å². The van der Waals surface area contributed by atoms with Gasteiger partial charge in [0.2, 0.25) is 10.0 Å². The molecular formula is C20H28N2O5S. The summed E-state index contributed by atoms with van der Waals surface area (Å²) in [6.45, 7) is 3.98. The highest BCUT2D eigenvalue weighted by Crippen LogP contribution is 2.24. The van der Waals surface area contributed by atoms with Gasteiger partial charge in [-0.3, -0.25) is 9.59 Å².